The van der Waals surface area contributed by atoms with E-state index in [9.17, 15) is 4.79 Å². The molecule has 1 heterocycles. The Bertz CT molecular complexity index is 853. The average molecular weight is 306 g/mol. The van der Waals surface area contributed by atoms with E-state index in [0.717, 1.165) is 0 Å². The highest BCUT2D eigenvalue weighted by Gasteiger charge is 2.16. The molecule has 0 aliphatic carbocycles. The van der Waals surface area contributed by atoms with Crippen LogP contribution in [-0.2, 0) is 0 Å². The molecule has 0 amide bonds. The maximum Gasteiger partial charge on any atom is 0.427 e. The van der Waals surface area contributed by atoms with E-state index in [1.807, 2.05) is 0 Å². The molecular formula is C14H8ClNO3S. The Morgan fingerprint density at radius 1 is 1.15 bits per heavy atom. The van der Waals surface area contributed by atoms with Crippen LogP contribution in [-0.4, -0.2) is 10.7 Å². The minimum atomic E-state index is -0.659. The third-order valence-electron chi connectivity index (χ3n) is 2.70. The molecule has 100 valence electrons. The number of ether oxygens (including phenoxy) is 1. The number of fused-ring (bicyclic) bond motifs is 1. The highest BCUT2D eigenvalue weighted by Crippen LogP contribution is 2.24. The monoisotopic (exact) mass is 305 g/mol. The fourth-order valence-electron chi connectivity index (χ4n) is 1.81. The van der Waals surface area contributed by atoms with Crippen molar-refractivity contribution in [1.82, 2.24) is 4.57 Å². The number of benzene rings is 2. The zero-order chi connectivity index (χ0) is 14.1. The molecule has 0 bridgehead atoms. The zero-order valence-corrected chi connectivity index (χ0v) is 11.6. The van der Waals surface area contributed by atoms with Crippen LogP contribution in [0.4, 0.5) is 4.79 Å². The molecule has 0 radical (unpaired) electrons. The van der Waals surface area contributed by atoms with Crippen LogP contribution in [0.1, 0.15) is 0 Å². The van der Waals surface area contributed by atoms with Gasteiger partial charge in [0.2, 0.25) is 0 Å². The molecule has 0 saturated carbocycles. The molecule has 6 heteroatoms. The molecule has 0 fully saturated rings. The van der Waals surface area contributed by atoms with E-state index < -0.39 is 6.09 Å². The van der Waals surface area contributed by atoms with Crippen molar-refractivity contribution in [1.29, 1.82) is 0 Å². The number of hydrogen-bond donors (Lipinski definition) is 0. The van der Waals surface area contributed by atoms with Crippen LogP contribution in [0.2, 0.25) is 5.02 Å². The van der Waals surface area contributed by atoms with Crippen molar-refractivity contribution in [3.8, 4) is 5.75 Å². The number of oxazole rings is 1. The first-order valence-electron chi connectivity index (χ1n) is 5.74. The van der Waals surface area contributed by atoms with Crippen LogP contribution in [0, 0.1) is 4.84 Å². The summed E-state index contributed by atoms with van der Waals surface area (Å²) in [6.07, 6.45) is -0.659. The van der Waals surface area contributed by atoms with Gasteiger partial charge in [-0.3, -0.25) is 0 Å². The first-order chi connectivity index (χ1) is 9.66. The molecule has 3 aromatic rings. The molecule has 3 rings (SSSR count). The topological polar surface area (TPSA) is 44.4 Å². The third-order valence-corrected chi connectivity index (χ3v) is 3.28. The van der Waals surface area contributed by atoms with Gasteiger partial charge in [0.25, 0.3) is 4.84 Å². The molecule has 0 spiro atoms. The Kier molecular flexibility index (Phi) is 3.30. The first kappa shape index (κ1) is 12.9. The van der Waals surface area contributed by atoms with E-state index in [0.29, 0.717) is 16.1 Å². The van der Waals surface area contributed by atoms with Gasteiger partial charge >= 0.3 is 6.09 Å². The van der Waals surface area contributed by atoms with Crippen molar-refractivity contribution in [2.24, 2.45) is 0 Å². The van der Waals surface area contributed by atoms with Gasteiger partial charge in [-0.05, 0) is 36.5 Å². The molecule has 4 nitrogen and oxygen atoms in total. The van der Waals surface area contributed by atoms with E-state index in [2.05, 4.69) is 0 Å². The van der Waals surface area contributed by atoms with Crippen LogP contribution in [0.15, 0.2) is 52.9 Å². The van der Waals surface area contributed by atoms with Gasteiger partial charge in [-0.1, -0.05) is 35.9 Å². The molecule has 0 aliphatic rings. The maximum absolute atomic E-state index is 12.2. The van der Waals surface area contributed by atoms with Crippen LogP contribution in [0.25, 0.3) is 11.1 Å². The molecule has 0 N–H and O–H groups in total. The van der Waals surface area contributed by atoms with Crippen molar-refractivity contribution >= 4 is 41.0 Å². The predicted octanol–water partition coefficient (Wildman–Crippen LogP) is 4.66. The van der Waals surface area contributed by atoms with E-state index >= 15 is 0 Å². The average Bonchev–Trinajstić information content (AvgIpc) is 2.77. The lowest BCUT2D eigenvalue weighted by Crippen LogP contribution is -2.16. The fourth-order valence-corrected chi connectivity index (χ4v) is 2.24. The number of hydrogen-bond acceptors (Lipinski definition) is 4. The minimum Gasteiger partial charge on any atom is -0.429 e. The van der Waals surface area contributed by atoms with Gasteiger partial charge in [0.05, 0.1) is 10.5 Å². The normalized spacial score (nSPS) is 10.7. The number of aromatic nitrogens is 1. The smallest absolute Gasteiger partial charge is 0.427 e. The van der Waals surface area contributed by atoms with Crippen molar-refractivity contribution in [3.63, 3.8) is 0 Å². The third kappa shape index (κ3) is 2.21. The summed E-state index contributed by atoms with van der Waals surface area (Å²) in [5.41, 5.74) is 1.07. The van der Waals surface area contributed by atoms with E-state index in [1.54, 1.807) is 48.5 Å². The Morgan fingerprint density at radius 3 is 2.65 bits per heavy atom. The number of halogens is 1. The summed E-state index contributed by atoms with van der Waals surface area (Å²) in [5, 5.41) is 0.347. The van der Waals surface area contributed by atoms with E-state index in [-0.39, 0.29) is 10.6 Å². The lowest BCUT2D eigenvalue weighted by molar-refractivity contribution is 0.202. The van der Waals surface area contributed by atoms with Gasteiger partial charge < -0.3 is 9.15 Å². The Morgan fingerprint density at radius 2 is 1.85 bits per heavy atom. The first-order valence-corrected chi connectivity index (χ1v) is 6.53. The van der Waals surface area contributed by atoms with Gasteiger partial charge in [-0.15, -0.1) is 0 Å². The van der Waals surface area contributed by atoms with E-state index in [1.165, 1.54) is 4.57 Å². The molecular weight excluding hydrogens is 298 g/mol. The van der Waals surface area contributed by atoms with Crippen LogP contribution < -0.4 is 4.74 Å². The summed E-state index contributed by atoms with van der Waals surface area (Å²) in [4.78, 5) is 12.2. The lowest BCUT2D eigenvalue weighted by Gasteiger charge is -2.05. The summed E-state index contributed by atoms with van der Waals surface area (Å²) in [7, 11) is 0. The molecule has 2 aromatic carbocycles. The van der Waals surface area contributed by atoms with Crippen molar-refractivity contribution in [2.75, 3.05) is 0 Å². The highest BCUT2D eigenvalue weighted by molar-refractivity contribution is 7.71. The molecule has 0 aliphatic heterocycles. The Labute approximate surface area is 124 Å². The number of rotatable bonds is 1. The molecule has 0 atom stereocenters. The largest absolute Gasteiger partial charge is 0.429 e. The Balaban J connectivity index is 2.04. The van der Waals surface area contributed by atoms with Crippen LogP contribution in [0.3, 0.4) is 0 Å². The molecule has 0 unspecified atom stereocenters. The van der Waals surface area contributed by atoms with Crippen LogP contribution >= 0.6 is 23.8 Å². The van der Waals surface area contributed by atoms with Crippen LogP contribution in [0.5, 0.6) is 5.75 Å². The second kappa shape index (κ2) is 5.11. The number of para-hydroxylation sites is 3. The quantitative estimate of drug-likeness (QED) is 0.613. The summed E-state index contributed by atoms with van der Waals surface area (Å²) in [5.74, 6) is 0.270. The second-order valence-corrected chi connectivity index (χ2v) is 4.73. The van der Waals surface area contributed by atoms with Crippen molar-refractivity contribution < 1.29 is 13.9 Å². The zero-order valence-electron chi connectivity index (χ0n) is 10.1. The summed E-state index contributed by atoms with van der Waals surface area (Å²) >= 11 is 11.0. The highest BCUT2D eigenvalue weighted by atomic mass is 35.5. The van der Waals surface area contributed by atoms with Gasteiger partial charge in [-0.2, -0.15) is 0 Å². The molecule has 20 heavy (non-hydrogen) atoms. The molecule has 1 aromatic heterocycles. The fraction of sp³-hybridized carbons (Fsp3) is 0. The Hall–Kier alpha value is -2.11. The van der Waals surface area contributed by atoms with Gasteiger partial charge in [-0.25, -0.2) is 9.36 Å². The van der Waals surface area contributed by atoms with Crippen molar-refractivity contribution in [3.05, 3.63) is 58.4 Å². The SMILES string of the molecule is O=C(Oc1ccccc1Cl)n1c(=S)oc2ccccc21. The van der Waals surface area contributed by atoms with E-state index in [4.69, 9.17) is 33.0 Å². The summed E-state index contributed by atoms with van der Waals surface area (Å²) < 4.78 is 11.8. The maximum atomic E-state index is 12.2. The second-order valence-electron chi connectivity index (χ2n) is 3.97. The van der Waals surface area contributed by atoms with Gasteiger partial charge in [0, 0.05) is 0 Å². The number of nitrogens with zero attached hydrogens (tertiary/aromatic N) is 1. The predicted molar refractivity (Wildman–Crippen MR) is 77.9 cm³/mol. The van der Waals surface area contributed by atoms with Gasteiger partial charge in [0.15, 0.2) is 11.3 Å². The van der Waals surface area contributed by atoms with Gasteiger partial charge in [0.1, 0.15) is 0 Å². The standard InChI is InChI=1S/C14H8ClNO3S/c15-9-5-1-3-7-11(9)18-13(17)16-10-6-2-4-8-12(10)19-14(16)20/h1-8H. The van der Waals surface area contributed by atoms with Crippen molar-refractivity contribution in [2.45, 2.75) is 0 Å². The summed E-state index contributed by atoms with van der Waals surface area (Å²) in [6, 6.07) is 13.7. The number of carbonyl (C=O) groups is 1. The summed E-state index contributed by atoms with van der Waals surface area (Å²) in [6.45, 7) is 0. The molecule has 0 saturated heterocycles. The minimum absolute atomic E-state index is 0.0308. The lowest BCUT2D eigenvalue weighted by atomic mass is 10.3. The number of carbonyl (C=O) groups excluding carboxylic acids is 1.